The monoisotopic (exact) mass is 668 g/mol. The lowest BCUT2D eigenvalue weighted by atomic mass is 10.0. The highest BCUT2D eigenvalue weighted by Gasteiger charge is 2.24. The smallest absolute Gasteiger partial charge is 0.274 e. The van der Waals surface area contributed by atoms with E-state index in [1.807, 2.05) is 0 Å². The lowest BCUT2D eigenvalue weighted by molar-refractivity contribution is -0.117. The Kier molecular flexibility index (Phi) is 10.9. The van der Waals surface area contributed by atoms with Gasteiger partial charge in [-0.1, -0.05) is 0 Å². The van der Waals surface area contributed by atoms with Crippen LogP contribution in [0.5, 0.6) is 0 Å². The van der Waals surface area contributed by atoms with E-state index in [0.717, 1.165) is 5.56 Å². The van der Waals surface area contributed by atoms with Crippen LogP contribution in [0.15, 0.2) is 47.8 Å². The molecule has 46 heavy (non-hydrogen) atoms. The van der Waals surface area contributed by atoms with Gasteiger partial charge in [0.25, 0.3) is 17.7 Å². The number of primary amides is 1. The quantitative estimate of drug-likeness (QED) is 0.0608. The van der Waals surface area contributed by atoms with Gasteiger partial charge in [0.1, 0.15) is 22.8 Å². The summed E-state index contributed by atoms with van der Waals surface area (Å²) in [6, 6.07) is 7.02. The number of carbonyl (C=O) groups excluding carboxylic acids is 5. The van der Waals surface area contributed by atoms with Crippen molar-refractivity contribution in [3.8, 4) is 11.1 Å². The van der Waals surface area contributed by atoms with Crippen LogP contribution in [-0.4, -0.2) is 67.4 Å². The molecule has 3 heterocycles. The summed E-state index contributed by atoms with van der Waals surface area (Å²) >= 11 is 4.48. The molecule has 0 aliphatic carbocycles. The molecule has 1 unspecified atom stereocenters. The summed E-state index contributed by atoms with van der Waals surface area (Å²) in [7, 11) is 0. The molecule has 14 nitrogen and oxygen atoms in total. The minimum atomic E-state index is -1.23. The number of hydrogen-bond donors (Lipinski definition) is 7. The molecule has 0 saturated carbocycles. The van der Waals surface area contributed by atoms with Gasteiger partial charge in [-0.15, -0.1) is 11.6 Å². The third-order valence-electron chi connectivity index (χ3n) is 7.24. The van der Waals surface area contributed by atoms with Crippen molar-refractivity contribution in [2.24, 2.45) is 5.73 Å². The molecule has 4 aromatic rings. The number of benzene rings is 1. The third kappa shape index (κ3) is 7.44. The van der Waals surface area contributed by atoms with Gasteiger partial charge in [0.05, 0.1) is 17.3 Å². The molecule has 4 rings (SSSR count). The molecule has 0 aliphatic heterocycles. The Balaban J connectivity index is 1.50. The number of aromatic amines is 2. The fourth-order valence-corrected chi connectivity index (χ4v) is 6.01. The topological polar surface area (TPSA) is 219 Å². The summed E-state index contributed by atoms with van der Waals surface area (Å²) in [4.78, 5) is 67.7. The number of carbonyl (C=O) groups is 5. The molecular weight excluding hydrogens is 636 g/mol. The van der Waals surface area contributed by atoms with Crippen molar-refractivity contribution >= 4 is 64.2 Å². The van der Waals surface area contributed by atoms with Crippen LogP contribution in [0.3, 0.4) is 0 Å². The van der Waals surface area contributed by atoms with Crippen LogP contribution in [0.4, 0.5) is 11.4 Å². The predicted molar refractivity (Wildman–Crippen MR) is 175 cm³/mol. The van der Waals surface area contributed by atoms with Crippen LogP contribution in [0.25, 0.3) is 11.1 Å². The lowest BCUT2D eigenvalue weighted by Gasteiger charge is -2.10. The first-order chi connectivity index (χ1) is 22.0. The van der Waals surface area contributed by atoms with E-state index in [9.17, 15) is 28.5 Å². The molecule has 0 saturated heterocycles. The number of aromatic nitrogens is 3. The van der Waals surface area contributed by atoms with E-state index in [1.54, 1.807) is 51.2 Å². The predicted octanol–water partition coefficient (Wildman–Crippen LogP) is 2.89. The zero-order chi connectivity index (χ0) is 33.5. The number of anilines is 2. The Labute approximate surface area is 272 Å². The fraction of sp³-hybridized carbons (Fsp3) is 0.233. The highest BCUT2D eigenvalue weighted by molar-refractivity contribution is 7.91. The minimum Gasteiger partial charge on any atom is -0.611 e. The van der Waals surface area contributed by atoms with Gasteiger partial charge in [0.2, 0.25) is 12.3 Å². The maximum atomic E-state index is 13.5. The van der Waals surface area contributed by atoms with Crippen molar-refractivity contribution in [3.05, 3.63) is 76.6 Å². The van der Waals surface area contributed by atoms with Crippen molar-refractivity contribution < 1.29 is 28.5 Å². The summed E-state index contributed by atoms with van der Waals surface area (Å²) in [6.45, 7) is 5.12. The molecule has 0 fully saturated rings. The second-order valence-electron chi connectivity index (χ2n) is 10.2. The van der Waals surface area contributed by atoms with Gasteiger partial charge < -0.3 is 36.2 Å². The third-order valence-corrected chi connectivity index (χ3v) is 9.03. The second-order valence-corrected chi connectivity index (χ2v) is 12.1. The summed E-state index contributed by atoms with van der Waals surface area (Å²) < 4.78 is 13.6. The van der Waals surface area contributed by atoms with Gasteiger partial charge in [-0.05, 0) is 67.3 Å². The number of hydrogen-bond acceptors (Lipinski definition) is 6. The summed E-state index contributed by atoms with van der Waals surface area (Å²) in [6.07, 6.45) is 4.99. The second kappa shape index (κ2) is 14.9. The number of nitrogens with one attached hydrogen (secondary N) is 6. The molecule has 0 radical (unpaired) electrons. The van der Waals surface area contributed by atoms with Gasteiger partial charge >= 0.3 is 0 Å². The van der Waals surface area contributed by atoms with Crippen molar-refractivity contribution in [1.82, 2.24) is 20.0 Å². The molecule has 5 amide bonds. The number of alkyl halides is 1. The number of halogens is 1. The first-order valence-electron chi connectivity index (χ1n) is 14.0. The molecule has 0 bridgehead atoms. The Morgan fingerprint density at radius 2 is 1.52 bits per heavy atom. The maximum Gasteiger partial charge on any atom is 0.274 e. The molecule has 242 valence electrons. The first kappa shape index (κ1) is 33.9. The van der Waals surface area contributed by atoms with E-state index in [1.165, 1.54) is 17.1 Å². The van der Waals surface area contributed by atoms with E-state index in [2.05, 4.69) is 31.3 Å². The Morgan fingerprint density at radius 3 is 2.09 bits per heavy atom. The fourth-order valence-electron chi connectivity index (χ4n) is 4.78. The van der Waals surface area contributed by atoms with E-state index in [-0.39, 0.29) is 35.9 Å². The van der Waals surface area contributed by atoms with Crippen LogP contribution < -0.4 is 27.1 Å². The number of nitrogens with two attached hydrogens (primary N) is 1. The Bertz CT molecular complexity index is 1780. The van der Waals surface area contributed by atoms with Crippen LogP contribution in [-0.2, 0) is 20.8 Å². The summed E-state index contributed by atoms with van der Waals surface area (Å²) in [5.41, 5.74) is 11.8. The average molecular weight is 669 g/mol. The van der Waals surface area contributed by atoms with Gasteiger partial charge in [-0.2, -0.15) is 0 Å². The molecule has 0 spiro atoms. The molecular formula is C30H33ClN8O6S. The van der Waals surface area contributed by atoms with Crippen molar-refractivity contribution in [2.45, 2.75) is 32.1 Å². The van der Waals surface area contributed by atoms with Crippen molar-refractivity contribution in [2.75, 3.05) is 34.2 Å². The molecule has 1 aromatic carbocycles. The van der Waals surface area contributed by atoms with Crippen LogP contribution in [0.2, 0.25) is 0 Å². The van der Waals surface area contributed by atoms with E-state index in [4.69, 9.17) is 17.3 Å². The number of nitrogens with zero attached hydrogens (tertiary/aromatic N) is 1. The number of rotatable bonds is 14. The largest absolute Gasteiger partial charge is 0.611 e. The SMILES string of the molecule is Cc1c(NC(=O)c2[nH]cc(NC(=O)c3c(C)c(-c4ccc([S+]([O-])CCCl)cc4)cn3NC=O)c2C)c[nH]c1C(=O)NCCC(N)=O. The molecule has 16 heteroatoms. The maximum absolute atomic E-state index is 13.5. The van der Waals surface area contributed by atoms with Gasteiger partial charge in [0, 0.05) is 48.2 Å². The first-order valence-corrected chi connectivity index (χ1v) is 15.8. The molecule has 3 aromatic heterocycles. The summed E-state index contributed by atoms with van der Waals surface area (Å²) in [5.74, 6) is -1.45. The average Bonchev–Trinajstić information content (AvgIpc) is 3.67. The molecule has 8 N–H and O–H groups in total. The van der Waals surface area contributed by atoms with Crippen molar-refractivity contribution in [1.29, 1.82) is 0 Å². The normalized spacial score (nSPS) is 11.5. The summed E-state index contributed by atoms with van der Waals surface area (Å²) in [5, 5.41) is 8.12. The highest BCUT2D eigenvalue weighted by Crippen LogP contribution is 2.30. The Morgan fingerprint density at radius 1 is 0.935 bits per heavy atom. The lowest BCUT2D eigenvalue weighted by Crippen LogP contribution is -2.28. The van der Waals surface area contributed by atoms with Gasteiger partial charge in [-0.3, -0.25) is 34.1 Å². The number of amides is 5. The van der Waals surface area contributed by atoms with Gasteiger partial charge in [-0.25, -0.2) is 0 Å². The van der Waals surface area contributed by atoms with Crippen molar-refractivity contribution in [3.63, 3.8) is 0 Å². The number of H-pyrrole nitrogens is 2. The standard InChI is InChI=1S/C30H33ClN8O6S/c1-16-21(19-4-6-20(7-5-19)46(45)11-9-31)14-39(36-15-40)27(16)30(44)38-23-13-35-26(18(23)3)29(43)37-22-12-34-25(17(22)2)28(42)33-10-8-24(32)41/h4-7,12-15,34-35H,8-11H2,1-3H3,(H2,32,41)(H,33,42)(H,36,40)(H,37,43)(H,38,44). The van der Waals surface area contributed by atoms with Crippen LogP contribution >= 0.6 is 11.6 Å². The zero-order valence-corrected chi connectivity index (χ0v) is 26.8. The van der Waals surface area contributed by atoms with E-state index < -0.39 is 34.8 Å². The zero-order valence-electron chi connectivity index (χ0n) is 25.2. The Hall–Kier alpha value is -4.99. The minimum absolute atomic E-state index is 0.00606. The molecule has 1 atom stereocenters. The van der Waals surface area contributed by atoms with Crippen LogP contribution in [0.1, 0.15) is 54.6 Å². The van der Waals surface area contributed by atoms with E-state index in [0.29, 0.717) is 50.7 Å². The van der Waals surface area contributed by atoms with Gasteiger partial charge in [0.15, 0.2) is 4.90 Å². The molecule has 0 aliphatic rings. The highest BCUT2D eigenvalue weighted by atomic mass is 35.5. The van der Waals surface area contributed by atoms with E-state index >= 15 is 0 Å². The van der Waals surface area contributed by atoms with Crippen LogP contribution in [0, 0.1) is 20.8 Å².